The van der Waals surface area contributed by atoms with Crippen LogP contribution in [0.5, 0.6) is 0 Å². The maximum absolute atomic E-state index is 4.32. The van der Waals surface area contributed by atoms with Crippen LogP contribution in [0.2, 0.25) is 0 Å². The van der Waals surface area contributed by atoms with E-state index in [0.717, 1.165) is 17.6 Å². The smallest absolute Gasteiger partial charge is 0.00954 e. The van der Waals surface area contributed by atoms with E-state index >= 15 is 0 Å². The van der Waals surface area contributed by atoms with Crippen LogP contribution < -0.4 is 0 Å². The third-order valence-electron chi connectivity index (χ3n) is 3.65. The first-order valence-corrected chi connectivity index (χ1v) is 7.98. The largest absolute Gasteiger partial charge is 0.179 e. The van der Waals surface area contributed by atoms with Crippen LogP contribution in [0.1, 0.15) is 78.6 Å². The summed E-state index contributed by atoms with van der Waals surface area (Å²) in [7, 11) is 0. The van der Waals surface area contributed by atoms with Crippen LogP contribution >= 0.6 is 12.6 Å². The third-order valence-corrected chi connectivity index (χ3v) is 3.91. The number of rotatable bonds is 11. The fraction of sp³-hybridized carbons (Fsp3) is 1.00. The SMILES string of the molecule is CCCCCCCC(CC)CC(C)CCS. The molecule has 0 heterocycles. The molecule has 0 saturated heterocycles. The molecular formula is C15H32S. The molecule has 2 unspecified atom stereocenters. The van der Waals surface area contributed by atoms with Crippen molar-refractivity contribution >= 4 is 12.6 Å². The molecular weight excluding hydrogens is 212 g/mol. The maximum Gasteiger partial charge on any atom is -0.00954 e. The normalized spacial score (nSPS) is 15.0. The third kappa shape index (κ3) is 9.57. The molecule has 0 fully saturated rings. The highest BCUT2D eigenvalue weighted by atomic mass is 32.1. The predicted molar refractivity (Wildman–Crippen MR) is 79.4 cm³/mol. The molecule has 0 aliphatic rings. The van der Waals surface area contributed by atoms with E-state index in [1.807, 2.05) is 0 Å². The highest BCUT2D eigenvalue weighted by Crippen LogP contribution is 2.24. The van der Waals surface area contributed by atoms with Gasteiger partial charge in [0, 0.05) is 0 Å². The van der Waals surface area contributed by atoms with Gasteiger partial charge in [-0.05, 0) is 30.4 Å². The molecule has 1 heteroatoms. The fourth-order valence-electron chi connectivity index (χ4n) is 2.43. The molecule has 16 heavy (non-hydrogen) atoms. The lowest BCUT2D eigenvalue weighted by atomic mass is 9.88. The van der Waals surface area contributed by atoms with Crippen molar-refractivity contribution in [1.29, 1.82) is 0 Å². The Hall–Kier alpha value is 0.350. The summed E-state index contributed by atoms with van der Waals surface area (Å²) in [5, 5.41) is 0. The summed E-state index contributed by atoms with van der Waals surface area (Å²) in [5.74, 6) is 2.89. The van der Waals surface area contributed by atoms with Gasteiger partial charge >= 0.3 is 0 Å². The molecule has 0 nitrogen and oxygen atoms in total. The van der Waals surface area contributed by atoms with E-state index < -0.39 is 0 Å². The van der Waals surface area contributed by atoms with Crippen molar-refractivity contribution in [3.63, 3.8) is 0 Å². The topological polar surface area (TPSA) is 0 Å². The maximum atomic E-state index is 4.32. The minimum absolute atomic E-state index is 0.873. The van der Waals surface area contributed by atoms with Gasteiger partial charge in [0.1, 0.15) is 0 Å². The van der Waals surface area contributed by atoms with E-state index in [1.54, 1.807) is 0 Å². The van der Waals surface area contributed by atoms with Gasteiger partial charge in [0.15, 0.2) is 0 Å². The Morgan fingerprint density at radius 3 is 2.19 bits per heavy atom. The zero-order chi connectivity index (χ0) is 12.2. The summed E-state index contributed by atoms with van der Waals surface area (Å²) >= 11 is 4.32. The Morgan fingerprint density at radius 2 is 1.62 bits per heavy atom. The first kappa shape index (κ1) is 16.4. The molecule has 0 N–H and O–H groups in total. The Kier molecular flexibility index (Phi) is 12.1. The second kappa shape index (κ2) is 11.8. The average Bonchev–Trinajstić information content (AvgIpc) is 2.27. The van der Waals surface area contributed by atoms with E-state index in [9.17, 15) is 0 Å². The van der Waals surface area contributed by atoms with Crippen LogP contribution in [0, 0.1) is 11.8 Å². The van der Waals surface area contributed by atoms with E-state index in [0.29, 0.717) is 0 Å². The van der Waals surface area contributed by atoms with Crippen LogP contribution in [0.25, 0.3) is 0 Å². The standard InChI is InChI=1S/C15H32S/c1-4-6-7-8-9-10-15(5-2)13-14(3)11-12-16/h14-16H,4-13H2,1-3H3. The van der Waals surface area contributed by atoms with Gasteiger partial charge in [-0.15, -0.1) is 0 Å². The highest BCUT2D eigenvalue weighted by Gasteiger charge is 2.10. The minimum Gasteiger partial charge on any atom is -0.179 e. The predicted octanol–water partition coefficient (Wildman–Crippen LogP) is 5.72. The molecule has 0 spiro atoms. The first-order valence-electron chi connectivity index (χ1n) is 7.35. The van der Waals surface area contributed by atoms with E-state index in [2.05, 4.69) is 33.4 Å². The van der Waals surface area contributed by atoms with Crippen molar-refractivity contribution < 1.29 is 0 Å². The zero-order valence-corrected chi connectivity index (χ0v) is 12.6. The second-order valence-corrected chi connectivity index (χ2v) is 5.78. The molecule has 0 saturated carbocycles. The highest BCUT2D eigenvalue weighted by molar-refractivity contribution is 7.80. The van der Waals surface area contributed by atoms with Crippen LogP contribution in [0.3, 0.4) is 0 Å². The van der Waals surface area contributed by atoms with Gasteiger partial charge in [0.25, 0.3) is 0 Å². The van der Waals surface area contributed by atoms with Gasteiger partial charge in [-0.3, -0.25) is 0 Å². The molecule has 0 aromatic heterocycles. The molecule has 2 atom stereocenters. The van der Waals surface area contributed by atoms with Crippen LogP contribution in [0.15, 0.2) is 0 Å². The van der Waals surface area contributed by atoms with E-state index in [1.165, 1.54) is 57.8 Å². The van der Waals surface area contributed by atoms with Gasteiger partial charge in [0.2, 0.25) is 0 Å². The molecule has 0 aromatic carbocycles. The number of hydrogen-bond donors (Lipinski definition) is 1. The molecule has 0 aliphatic carbocycles. The molecule has 0 aromatic rings. The van der Waals surface area contributed by atoms with Crippen molar-refractivity contribution in [3.05, 3.63) is 0 Å². The number of unbranched alkanes of at least 4 members (excludes halogenated alkanes) is 4. The van der Waals surface area contributed by atoms with Crippen LogP contribution in [-0.4, -0.2) is 5.75 Å². The lowest BCUT2D eigenvalue weighted by molar-refractivity contribution is 0.344. The van der Waals surface area contributed by atoms with E-state index in [-0.39, 0.29) is 0 Å². The van der Waals surface area contributed by atoms with E-state index in [4.69, 9.17) is 0 Å². The van der Waals surface area contributed by atoms with Gasteiger partial charge in [-0.1, -0.05) is 65.7 Å². The number of thiol groups is 1. The Bertz CT molecular complexity index is 133. The first-order chi connectivity index (χ1) is 7.74. The summed E-state index contributed by atoms with van der Waals surface area (Å²) in [6.45, 7) is 7.02. The summed E-state index contributed by atoms with van der Waals surface area (Å²) in [6, 6.07) is 0. The summed E-state index contributed by atoms with van der Waals surface area (Å²) in [4.78, 5) is 0. The van der Waals surface area contributed by atoms with Gasteiger partial charge < -0.3 is 0 Å². The average molecular weight is 244 g/mol. The molecule has 98 valence electrons. The van der Waals surface area contributed by atoms with Crippen molar-refractivity contribution in [1.82, 2.24) is 0 Å². The van der Waals surface area contributed by atoms with Gasteiger partial charge in [-0.25, -0.2) is 0 Å². The second-order valence-electron chi connectivity index (χ2n) is 5.33. The Labute approximate surface area is 109 Å². The van der Waals surface area contributed by atoms with Crippen molar-refractivity contribution in [2.24, 2.45) is 11.8 Å². The summed E-state index contributed by atoms with van der Waals surface area (Å²) < 4.78 is 0. The minimum atomic E-state index is 0.873. The van der Waals surface area contributed by atoms with Crippen LogP contribution in [-0.2, 0) is 0 Å². The Balaban J connectivity index is 3.50. The monoisotopic (exact) mass is 244 g/mol. The molecule has 0 bridgehead atoms. The summed E-state index contributed by atoms with van der Waals surface area (Å²) in [5.41, 5.74) is 0. The fourth-order valence-corrected chi connectivity index (χ4v) is 2.87. The van der Waals surface area contributed by atoms with Crippen LogP contribution in [0.4, 0.5) is 0 Å². The van der Waals surface area contributed by atoms with Gasteiger partial charge in [0.05, 0.1) is 0 Å². The van der Waals surface area contributed by atoms with Gasteiger partial charge in [-0.2, -0.15) is 12.6 Å². The van der Waals surface area contributed by atoms with Crippen molar-refractivity contribution in [2.45, 2.75) is 78.6 Å². The molecule has 0 amide bonds. The molecule has 0 aliphatic heterocycles. The lowest BCUT2D eigenvalue weighted by Gasteiger charge is -2.19. The van der Waals surface area contributed by atoms with Crippen molar-refractivity contribution in [3.8, 4) is 0 Å². The Morgan fingerprint density at radius 1 is 0.938 bits per heavy atom. The number of hydrogen-bond acceptors (Lipinski definition) is 1. The lowest BCUT2D eigenvalue weighted by Crippen LogP contribution is -2.06. The quantitative estimate of drug-likeness (QED) is 0.349. The summed E-state index contributed by atoms with van der Waals surface area (Å²) in [6.07, 6.45) is 12.7. The zero-order valence-electron chi connectivity index (χ0n) is 11.7. The molecule has 0 radical (unpaired) electrons. The van der Waals surface area contributed by atoms with Crippen molar-refractivity contribution in [2.75, 3.05) is 5.75 Å². The molecule has 0 rings (SSSR count).